The van der Waals surface area contributed by atoms with Crippen molar-refractivity contribution in [1.29, 1.82) is 0 Å². The number of nitrogens with one attached hydrogen (secondary N) is 1. The minimum Gasteiger partial charge on any atom is -0.486 e. The van der Waals surface area contributed by atoms with Gasteiger partial charge >= 0.3 is 0 Å². The number of hydrogen-bond acceptors (Lipinski definition) is 4. The summed E-state index contributed by atoms with van der Waals surface area (Å²) in [6, 6.07) is 8.66. The van der Waals surface area contributed by atoms with Gasteiger partial charge in [-0.15, -0.1) is 0 Å². The number of para-hydroxylation sites is 1. The summed E-state index contributed by atoms with van der Waals surface area (Å²) >= 11 is 0. The maximum Gasteiger partial charge on any atom is 0.125 e. The lowest BCUT2D eigenvalue weighted by Gasteiger charge is -2.33. The predicted molar refractivity (Wildman–Crippen MR) is 85.8 cm³/mol. The molecule has 0 aliphatic carbocycles. The van der Waals surface area contributed by atoms with E-state index in [1.54, 1.807) is 0 Å². The van der Waals surface area contributed by atoms with Gasteiger partial charge in [-0.25, -0.2) is 0 Å². The molecule has 3 rings (SSSR count). The smallest absolute Gasteiger partial charge is 0.125 e. The van der Waals surface area contributed by atoms with Crippen molar-refractivity contribution in [2.45, 2.75) is 25.5 Å². The van der Waals surface area contributed by atoms with Crippen molar-refractivity contribution in [3.8, 4) is 5.75 Å². The van der Waals surface area contributed by atoms with Crippen LogP contribution in [0.5, 0.6) is 5.75 Å². The molecule has 1 fully saturated rings. The molecule has 0 spiro atoms. The Morgan fingerprint density at radius 2 is 1.90 bits per heavy atom. The van der Waals surface area contributed by atoms with E-state index in [9.17, 15) is 0 Å². The first-order valence-electron chi connectivity index (χ1n) is 7.98. The van der Waals surface area contributed by atoms with E-state index in [0.717, 1.165) is 18.8 Å². The van der Waals surface area contributed by atoms with E-state index < -0.39 is 0 Å². The van der Waals surface area contributed by atoms with Gasteiger partial charge in [0, 0.05) is 44.8 Å². The third-order valence-electron chi connectivity index (χ3n) is 4.67. The molecule has 0 aromatic heterocycles. The molecule has 0 radical (unpaired) electrons. The molecule has 2 aliphatic heterocycles. The van der Waals surface area contributed by atoms with Crippen molar-refractivity contribution in [3.63, 3.8) is 0 Å². The number of nitrogens with zero attached hydrogens (tertiary/aromatic N) is 2. The molecular formula is C17H27N3O. The number of hydrogen-bond donors (Lipinski definition) is 1. The molecule has 2 heterocycles. The van der Waals surface area contributed by atoms with E-state index in [0.29, 0.717) is 0 Å². The van der Waals surface area contributed by atoms with Gasteiger partial charge in [0.15, 0.2) is 0 Å². The van der Waals surface area contributed by atoms with Crippen LogP contribution in [0.2, 0.25) is 0 Å². The van der Waals surface area contributed by atoms with Gasteiger partial charge in [-0.1, -0.05) is 18.2 Å². The van der Waals surface area contributed by atoms with E-state index in [-0.39, 0.29) is 11.6 Å². The van der Waals surface area contributed by atoms with Crippen LogP contribution < -0.4 is 10.1 Å². The Morgan fingerprint density at radius 1 is 1.19 bits per heavy atom. The van der Waals surface area contributed by atoms with Crippen molar-refractivity contribution in [1.82, 2.24) is 15.1 Å². The standard InChI is InChI=1S/C17H27N3O/c1-17(2)16(14-6-4-5-7-15(14)21-17)18-8-9-20-12-10-19(3)11-13-20/h4-7,16,18H,8-13H2,1-3H3. The van der Waals surface area contributed by atoms with Crippen LogP contribution in [0.15, 0.2) is 24.3 Å². The number of benzene rings is 1. The highest BCUT2D eigenvalue weighted by Gasteiger charge is 2.40. The van der Waals surface area contributed by atoms with Crippen LogP contribution in [0.3, 0.4) is 0 Å². The molecule has 1 unspecified atom stereocenters. The van der Waals surface area contributed by atoms with Crippen molar-refractivity contribution < 1.29 is 4.74 Å². The number of fused-ring (bicyclic) bond motifs is 1. The highest BCUT2D eigenvalue weighted by atomic mass is 16.5. The number of ether oxygens (including phenoxy) is 1. The van der Waals surface area contributed by atoms with Crippen molar-refractivity contribution >= 4 is 0 Å². The predicted octanol–water partition coefficient (Wildman–Crippen LogP) is 1.74. The van der Waals surface area contributed by atoms with Gasteiger partial charge < -0.3 is 15.0 Å². The fourth-order valence-corrected chi connectivity index (χ4v) is 3.32. The molecular weight excluding hydrogens is 262 g/mol. The van der Waals surface area contributed by atoms with Gasteiger partial charge in [0.25, 0.3) is 0 Å². The molecule has 1 N–H and O–H groups in total. The third kappa shape index (κ3) is 3.23. The Labute approximate surface area is 128 Å². The minimum absolute atomic E-state index is 0.175. The van der Waals surface area contributed by atoms with Gasteiger partial charge in [0.2, 0.25) is 0 Å². The Balaban J connectivity index is 1.55. The van der Waals surface area contributed by atoms with E-state index in [4.69, 9.17) is 4.74 Å². The number of likely N-dealkylation sites (N-methyl/N-ethyl adjacent to an activating group) is 1. The summed E-state index contributed by atoms with van der Waals surface area (Å²) in [4.78, 5) is 4.94. The molecule has 1 atom stereocenters. The van der Waals surface area contributed by atoms with Crippen molar-refractivity contribution in [2.24, 2.45) is 0 Å². The van der Waals surface area contributed by atoms with Gasteiger partial charge in [-0.3, -0.25) is 4.90 Å². The zero-order valence-electron chi connectivity index (χ0n) is 13.4. The lowest BCUT2D eigenvalue weighted by atomic mass is 9.94. The Kier molecular flexibility index (Phi) is 4.20. The normalized spacial score (nSPS) is 25.6. The van der Waals surface area contributed by atoms with E-state index >= 15 is 0 Å². The molecule has 1 aromatic rings. The SMILES string of the molecule is CN1CCN(CCNC2c3ccccc3OC2(C)C)CC1. The lowest BCUT2D eigenvalue weighted by Crippen LogP contribution is -2.48. The van der Waals surface area contributed by atoms with Crippen molar-refractivity contribution in [2.75, 3.05) is 46.3 Å². The summed E-state index contributed by atoms with van der Waals surface area (Å²) in [7, 11) is 2.20. The first-order chi connectivity index (χ1) is 10.1. The van der Waals surface area contributed by atoms with Crippen LogP contribution in [0, 0.1) is 0 Å². The van der Waals surface area contributed by atoms with Gasteiger partial charge in [-0.2, -0.15) is 0 Å². The van der Waals surface area contributed by atoms with Crippen LogP contribution in [0.4, 0.5) is 0 Å². The minimum atomic E-state index is -0.175. The van der Waals surface area contributed by atoms with E-state index in [2.05, 4.69) is 54.2 Å². The van der Waals surface area contributed by atoms with Gasteiger partial charge in [-0.05, 0) is 27.0 Å². The molecule has 1 aromatic carbocycles. The molecule has 4 nitrogen and oxygen atoms in total. The zero-order chi connectivity index (χ0) is 14.9. The van der Waals surface area contributed by atoms with E-state index in [1.807, 2.05) is 6.07 Å². The quantitative estimate of drug-likeness (QED) is 0.914. The zero-order valence-corrected chi connectivity index (χ0v) is 13.4. The van der Waals surface area contributed by atoms with Gasteiger partial charge in [0.1, 0.15) is 11.4 Å². The second-order valence-corrected chi connectivity index (χ2v) is 6.78. The third-order valence-corrected chi connectivity index (χ3v) is 4.67. The molecule has 0 saturated carbocycles. The summed E-state index contributed by atoms with van der Waals surface area (Å²) in [6.45, 7) is 11.2. The van der Waals surface area contributed by atoms with Crippen molar-refractivity contribution in [3.05, 3.63) is 29.8 Å². The molecule has 0 bridgehead atoms. The summed E-state index contributed by atoms with van der Waals surface area (Å²) in [5.74, 6) is 1.03. The Bertz CT molecular complexity index is 481. The Morgan fingerprint density at radius 3 is 2.67 bits per heavy atom. The average Bonchev–Trinajstić information content (AvgIpc) is 2.71. The molecule has 116 valence electrons. The summed E-state index contributed by atoms with van der Waals surface area (Å²) in [5.41, 5.74) is 1.12. The lowest BCUT2D eigenvalue weighted by molar-refractivity contribution is 0.0925. The Hall–Kier alpha value is -1.10. The topological polar surface area (TPSA) is 27.7 Å². The van der Waals surface area contributed by atoms with Gasteiger partial charge in [0.05, 0.1) is 6.04 Å². The second kappa shape index (κ2) is 5.95. The van der Waals surface area contributed by atoms with Crippen LogP contribution in [-0.2, 0) is 0 Å². The highest BCUT2D eigenvalue weighted by molar-refractivity contribution is 5.42. The first kappa shape index (κ1) is 14.8. The molecule has 0 amide bonds. The largest absolute Gasteiger partial charge is 0.486 e. The monoisotopic (exact) mass is 289 g/mol. The second-order valence-electron chi connectivity index (χ2n) is 6.78. The maximum atomic E-state index is 6.08. The number of piperazine rings is 1. The summed E-state index contributed by atoms with van der Waals surface area (Å²) in [5, 5.41) is 3.71. The average molecular weight is 289 g/mol. The van der Waals surface area contributed by atoms with Crippen LogP contribution in [0.1, 0.15) is 25.5 Å². The fraction of sp³-hybridized carbons (Fsp3) is 0.647. The fourth-order valence-electron chi connectivity index (χ4n) is 3.32. The van der Waals surface area contributed by atoms with Crippen LogP contribution >= 0.6 is 0 Å². The maximum absolute atomic E-state index is 6.08. The molecule has 2 aliphatic rings. The van der Waals surface area contributed by atoms with E-state index in [1.165, 1.54) is 31.7 Å². The highest BCUT2D eigenvalue weighted by Crippen LogP contribution is 2.42. The number of rotatable bonds is 4. The summed E-state index contributed by atoms with van der Waals surface area (Å²) in [6.07, 6.45) is 0. The van der Waals surface area contributed by atoms with Crippen LogP contribution in [-0.4, -0.2) is 61.7 Å². The van der Waals surface area contributed by atoms with Crippen LogP contribution in [0.25, 0.3) is 0 Å². The molecule has 1 saturated heterocycles. The first-order valence-corrected chi connectivity index (χ1v) is 7.98. The molecule has 21 heavy (non-hydrogen) atoms. The molecule has 4 heteroatoms. The summed E-state index contributed by atoms with van der Waals surface area (Å²) < 4.78 is 6.08.